The van der Waals surface area contributed by atoms with Gasteiger partial charge in [0.1, 0.15) is 12.4 Å². The Kier molecular flexibility index (Phi) is 7.82. The Bertz CT molecular complexity index is 1600. The van der Waals surface area contributed by atoms with Crippen molar-refractivity contribution in [1.29, 1.82) is 0 Å². The van der Waals surface area contributed by atoms with E-state index in [0.29, 0.717) is 31.8 Å². The van der Waals surface area contributed by atoms with Crippen LogP contribution >= 0.6 is 43.5 Å². The standard InChI is InChI=1S/C26H21Br2ClN4O4/c1-26(2,3)25-31-21-9-6-17(27)12-19(21)24(34)32(25)30-13-16-10-20(28)23(22(11-16)33(35)36)37-14-15-4-7-18(29)8-5-15/h4-13H,14H2,1-3H3. The van der Waals surface area contributed by atoms with Gasteiger partial charge in [-0.05, 0) is 57.9 Å². The molecule has 0 aliphatic rings. The monoisotopic (exact) mass is 646 g/mol. The highest BCUT2D eigenvalue weighted by molar-refractivity contribution is 9.10. The van der Waals surface area contributed by atoms with Crippen LogP contribution in [-0.2, 0) is 12.0 Å². The second-order valence-electron chi connectivity index (χ2n) is 9.23. The molecular formula is C26H21Br2ClN4O4. The number of hydrogen-bond donors (Lipinski definition) is 0. The second kappa shape index (κ2) is 10.7. The van der Waals surface area contributed by atoms with Crippen molar-refractivity contribution in [2.24, 2.45) is 5.10 Å². The van der Waals surface area contributed by atoms with Crippen LogP contribution in [0.2, 0.25) is 5.02 Å². The van der Waals surface area contributed by atoms with E-state index in [1.54, 1.807) is 42.5 Å². The van der Waals surface area contributed by atoms with E-state index < -0.39 is 10.3 Å². The van der Waals surface area contributed by atoms with Crippen LogP contribution in [0.25, 0.3) is 10.9 Å². The molecule has 0 N–H and O–H groups in total. The Labute approximate surface area is 234 Å². The van der Waals surface area contributed by atoms with E-state index in [-0.39, 0.29) is 23.6 Å². The van der Waals surface area contributed by atoms with Gasteiger partial charge in [-0.1, -0.05) is 60.4 Å². The highest BCUT2D eigenvalue weighted by Crippen LogP contribution is 2.37. The van der Waals surface area contributed by atoms with Crippen LogP contribution in [0.4, 0.5) is 5.69 Å². The number of halogens is 3. The first-order valence-electron chi connectivity index (χ1n) is 11.1. The fourth-order valence-electron chi connectivity index (χ4n) is 3.55. The van der Waals surface area contributed by atoms with E-state index >= 15 is 0 Å². The number of nitro benzene ring substituents is 1. The molecule has 0 saturated heterocycles. The fourth-order valence-corrected chi connectivity index (χ4v) is 4.62. The first kappa shape index (κ1) is 27.0. The van der Waals surface area contributed by atoms with E-state index in [4.69, 9.17) is 16.3 Å². The van der Waals surface area contributed by atoms with E-state index in [1.165, 1.54) is 17.0 Å². The molecule has 0 amide bonds. The Morgan fingerprint density at radius 1 is 1.14 bits per heavy atom. The van der Waals surface area contributed by atoms with Crippen molar-refractivity contribution in [2.45, 2.75) is 32.8 Å². The van der Waals surface area contributed by atoms with Gasteiger partial charge in [-0.15, -0.1) is 0 Å². The van der Waals surface area contributed by atoms with Crippen LogP contribution < -0.4 is 10.3 Å². The largest absolute Gasteiger partial charge is 0.481 e. The smallest absolute Gasteiger partial charge is 0.312 e. The minimum atomic E-state index is -0.527. The Hall–Kier alpha value is -3.08. The van der Waals surface area contributed by atoms with Gasteiger partial charge in [0.15, 0.2) is 0 Å². The van der Waals surface area contributed by atoms with Gasteiger partial charge in [0.05, 0.1) is 26.5 Å². The summed E-state index contributed by atoms with van der Waals surface area (Å²) in [6, 6.07) is 15.3. The van der Waals surface area contributed by atoms with Crippen molar-refractivity contribution in [3.8, 4) is 5.75 Å². The van der Waals surface area contributed by atoms with Crippen LogP contribution in [0.3, 0.4) is 0 Å². The molecule has 4 aromatic rings. The summed E-state index contributed by atoms with van der Waals surface area (Å²) in [5, 5.41) is 17.2. The van der Waals surface area contributed by atoms with Crippen molar-refractivity contribution in [1.82, 2.24) is 9.66 Å². The molecule has 0 spiro atoms. The summed E-state index contributed by atoms with van der Waals surface area (Å²) in [5.41, 5.74) is 0.686. The lowest BCUT2D eigenvalue weighted by Gasteiger charge is -2.20. The van der Waals surface area contributed by atoms with Crippen molar-refractivity contribution in [3.63, 3.8) is 0 Å². The zero-order valence-corrected chi connectivity index (χ0v) is 24.0. The molecule has 3 aromatic carbocycles. The van der Waals surface area contributed by atoms with Gasteiger partial charge < -0.3 is 4.74 Å². The van der Waals surface area contributed by atoms with Gasteiger partial charge in [0, 0.05) is 26.5 Å². The third kappa shape index (κ3) is 6.08. The van der Waals surface area contributed by atoms with Crippen molar-refractivity contribution < 1.29 is 9.66 Å². The quantitative estimate of drug-likeness (QED) is 0.125. The number of rotatable bonds is 6. The molecule has 0 aliphatic carbocycles. The van der Waals surface area contributed by atoms with E-state index in [1.807, 2.05) is 26.8 Å². The number of nitrogens with zero attached hydrogens (tertiary/aromatic N) is 4. The third-order valence-corrected chi connectivity index (χ3v) is 6.68. The molecule has 0 bridgehead atoms. The molecule has 0 fully saturated rings. The number of ether oxygens (including phenoxy) is 1. The van der Waals surface area contributed by atoms with Crippen LogP contribution in [0, 0.1) is 10.1 Å². The lowest BCUT2D eigenvalue weighted by molar-refractivity contribution is -0.386. The molecule has 1 heterocycles. The van der Waals surface area contributed by atoms with Crippen molar-refractivity contribution >= 4 is 66.3 Å². The number of fused-ring (bicyclic) bond motifs is 1. The lowest BCUT2D eigenvalue weighted by atomic mass is 9.95. The first-order chi connectivity index (χ1) is 17.4. The number of hydrogen-bond acceptors (Lipinski definition) is 6. The van der Waals surface area contributed by atoms with Crippen molar-refractivity contribution in [2.75, 3.05) is 0 Å². The zero-order valence-electron chi connectivity index (χ0n) is 20.0. The summed E-state index contributed by atoms with van der Waals surface area (Å²) in [6.07, 6.45) is 1.39. The SMILES string of the molecule is CC(C)(C)c1nc2ccc(Br)cc2c(=O)n1N=Cc1cc(Br)c(OCc2ccc(Cl)cc2)c([N+](=O)[O-])c1. The molecule has 0 unspecified atom stereocenters. The predicted molar refractivity (Wildman–Crippen MR) is 152 cm³/mol. The molecule has 37 heavy (non-hydrogen) atoms. The molecule has 8 nitrogen and oxygen atoms in total. The normalized spacial score (nSPS) is 11.8. The fraction of sp³-hybridized carbons (Fsp3) is 0.192. The minimum absolute atomic E-state index is 0.0851. The first-order valence-corrected chi connectivity index (χ1v) is 13.0. The minimum Gasteiger partial charge on any atom is -0.481 e. The summed E-state index contributed by atoms with van der Waals surface area (Å²) in [6.45, 7) is 5.91. The van der Waals surface area contributed by atoms with Crippen LogP contribution in [0.5, 0.6) is 5.75 Å². The molecule has 0 radical (unpaired) electrons. The Morgan fingerprint density at radius 3 is 2.49 bits per heavy atom. The van der Waals surface area contributed by atoms with Gasteiger partial charge in [-0.2, -0.15) is 9.78 Å². The summed E-state index contributed by atoms with van der Waals surface area (Å²) in [5.74, 6) is 0.543. The van der Waals surface area contributed by atoms with Crippen LogP contribution in [0.1, 0.15) is 37.7 Å². The zero-order chi connectivity index (χ0) is 26.9. The summed E-state index contributed by atoms with van der Waals surface area (Å²) in [4.78, 5) is 29.3. The molecule has 190 valence electrons. The maximum absolute atomic E-state index is 13.3. The van der Waals surface area contributed by atoms with Gasteiger partial charge >= 0.3 is 5.69 Å². The predicted octanol–water partition coefficient (Wildman–Crippen LogP) is 7.24. The summed E-state index contributed by atoms with van der Waals surface area (Å²) >= 11 is 12.7. The molecule has 0 atom stereocenters. The van der Waals surface area contributed by atoms with Gasteiger partial charge in [0.2, 0.25) is 5.75 Å². The highest BCUT2D eigenvalue weighted by Gasteiger charge is 2.24. The topological polar surface area (TPSA) is 99.6 Å². The molecule has 4 rings (SSSR count). The average Bonchev–Trinajstić information content (AvgIpc) is 2.83. The maximum Gasteiger partial charge on any atom is 0.312 e. The van der Waals surface area contributed by atoms with Crippen molar-refractivity contribution in [3.05, 3.63) is 106 Å². The second-order valence-corrected chi connectivity index (χ2v) is 11.4. The van der Waals surface area contributed by atoms with Crippen LogP contribution in [-0.4, -0.2) is 20.8 Å². The Morgan fingerprint density at radius 2 is 1.84 bits per heavy atom. The van der Waals surface area contributed by atoms with Crippen LogP contribution in [0.15, 0.2) is 73.4 Å². The highest BCUT2D eigenvalue weighted by atomic mass is 79.9. The number of aromatic nitrogens is 2. The maximum atomic E-state index is 13.3. The summed E-state index contributed by atoms with van der Waals surface area (Å²) < 4.78 is 8.12. The Balaban J connectivity index is 1.74. The number of benzene rings is 3. The number of nitro groups is 1. The van der Waals surface area contributed by atoms with Gasteiger partial charge in [0.25, 0.3) is 5.56 Å². The van der Waals surface area contributed by atoms with E-state index in [9.17, 15) is 14.9 Å². The summed E-state index contributed by atoms with van der Waals surface area (Å²) in [7, 11) is 0. The molecular weight excluding hydrogens is 628 g/mol. The van der Waals surface area contributed by atoms with Gasteiger partial charge in [-0.25, -0.2) is 4.98 Å². The van der Waals surface area contributed by atoms with E-state index in [2.05, 4.69) is 41.9 Å². The molecule has 1 aromatic heterocycles. The molecule has 0 saturated carbocycles. The third-order valence-electron chi connectivity index (χ3n) is 5.34. The average molecular weight is 649 g/mol. The lowest BCUT2D eigenvalue weighted by Crippen LogP contribution is -2.29. The van der Waals surface area contributed by atoms with Gasteiger partial charge in [-0.3, -0.25) is 14.9 Å². The molecule has 11 heteroatoms. The van der Waals surface area contributed by atoms with E-state index in [0.717, 1.165) is 10.0 Å². The molecule has 0 aliphatic heterocycles.